The lowest BCUT2D eigenvalue weighted by molar-refractivity contribution is -0.131. The number of piperidine rings is 1. The Bertz CT molecular complexity index is 430. The fraction of sp³-hybridized carbons (Fsp3) is 0.882. The summed E-state index contributed by atoms with van der Waals surface area (Å²) in [4.78, 5) is 25.0. The molecule has 4 nitrogen and oxygen atoms in total. The van der Waals surface area contributed by atoms with Crippen LogP contribution >= 0.6 is 0 Å². The molecule has 2 fully saturated rings. The van der Waals surface area contributed by atoms with Gasteiger partial charge in [-0.2, -0.15) is 0 Å². The van der Waals surface area contributed by atoms with E-state index in [1.165, 1.54) is 0 Å². The minimum absolute atomic E-state index is 0.0243. The highest BCUT2D eigenvalue weighted by molar-refractivity contribution is 6.74. The van der Waals surface area contributed by atoms with Crippen molar-refractivity contribution in [1.82, 2.24) is 4.90 Å². The lowest BCUT2D eigenvalue weighted by Crippen LogP contribution is -2.49. The minimum Gasteiger partial charge on any atom is -0.413 e. The van der Waals surface area contributed by atoms with Gasteiger partial charge in [0.25, 0.3) is 0 Å². The number of amides is 1. The second-order valence-electron chi connectivity index (χ2n) is 8.38. The molecular formula is C17H31NO3Si. The van der Waals surface area contributed by atoms with E-state index in [9.17, 15) is 9.59 Å². The molecule has 22 heavy (non-hydrogen) atoms. The van der Waals surface area contributed by atoms with Crippen molar-refractivity contribution in [3.05, 3.63) is 0 Å². The molecule has 0 aromatic carbocycles. The van der Waals surface area contributed by atoms with E-state index >= 15 is 0 Å². The minimum atomic E-state index is -1.88. The van der Waals surface area contributed by atoms with Crippen molar-refractivity contribution in [3.8, 4) is 0 Å². The summed E-state index contributed by atoms with van der Waals surface area (Å²) in [6.45, 7) is 12.0. The molecule has 2 rings (SSSR count). The average Bonchev–Trinajstić information content (AvgIpc) is 2.78. The van der Waals surface area contributed by atoms with Gasteiger partial charge in [0.2, 0.25) is 5.91 Å². The molecule has 1 amide bonds. The molecule has 0 aromatic rings. The third-order valence-electron chi connectivity index (χ3n) is 5.87. The second-order valence-corrected chi connectivity index (χ2v) is 13.1. The standard InChI is InChI=1S/C17H31NO3Si/c1-17(2,3)22(4,5)21-15(9-11-19)13-8-10-18-14(12-13)6-7-16(18)20/h11,13-15H,6-10,12H2,1-5H3/t13-,14-,15-/m0/s1. The molecular weight excluding hydrogens is 294 g/mol. The van der Waals surface area contributed by atoms with Crippen LogP contribution in [0.5, 0.6) is 0 Å². The maximum absolute atomic E-state index is 11.8. The summed E-state index contributed by atoms with van der Waals surface area (Å²) < 4.78 is 6.56. The first kappa shape index (κ1) is 17.7. The Hall–Kier alpha value is -0.683. The summed E-state index contributed by atoms with van der Waals surface area (Å²) in [6.07, 6.45) is 5.15. The molecule has 0 bridgehead atoms. The summed E-state index contributed by atoms with van der Waals surface area (Å²) in [7, 11) is -1.88. The van der Waals surface area contributed by atoms with Gasteiger partial charge in [0.05, 0.1) is 6.10 Å². The molecule has 126 valence electrons. The maximum Gasteiger partial charge on any atom is 0.222 e. The van der Waals surface area contributed by atoms with E-state index in [1.807, 2.05) is 4.90 Å². The predicted octanol–water partition coefficient (Wildman–Crippen LogP) is 3.37. The van der Waals surface area contributed by atoms with Crippen molar-refractivity contribution in [2.75, 3.05) is 6.54 Å². The van der Waals surface area contributed by atoms with Crippen molar-refractivity contribution in [3.63, 3.8) is 0 Å². The van der Waals surface area contributed by atoms with E-state index < -0.39 is 8.32 Å². The Morgan fingerprint density at radius 1 is 1.36 bits per heavy atom. The quantitative estimate of drug-likeness (QED) is 0.575. The van der Waals surface area contributed by atoms with Crippen molar-refractivity contribution < 1.29 is 14.0 Å². The van der Waals surface area contributed by atoms with Crippen LogP contribution in [0, 0.1) is 5.92 Å². The highest BCUT2D eigenvalue weighted by Crippen LogP contribution is 2.41. The van der Waals surface area contributed by atoms with Crippen LogP contribution in [0.15, 0.2) is 0 Å². The Kier molecular flexibility index (Phi) is 5.17. The van der Waals surface area contributed by atoms with Gasteiger partial charge < -0.3 is 14.1 Å². The molecule has 5 heteroatoms. The first-order chi connectivity index (χ1) is 10.2. The normalized spacial score (nSPS) is 27.7. The first-order valence-electron chi connectivity index (χ1n) is 8.56. The summed E-state index contributed by atoms with van der Waals surface area (Å²) >= 11 is 0. The lowest BCUT2D eigenvalue weighted by Gasteiger charge is -2.44. The summed E-state index contributed by atoms with van der Waals surface area (Å²) in [5, 5.41) is 0.151. The Balaban J connectivity index is 2.05. The zero-order valence-corrected chi connectivity index (χ0v) is 15.7. The number of rotatable bonds is 5. The number of aldehydes is 1. The zero-order valence-electron chi connectivity index (χ0n) is 14.7. The molecule has 0 radical (unpaired) electrons. The highest BCUT2D eigenvalue weighted by atomic mass is 28.4. The number of carbonyl (C=O) groups excluding carboxylic acids is 2. The van der Waals surface area contributed by atoms with Gasteiger partial charge in [0.15, 0.2) is 8.32 Å². The van der Waals surface area contributed by atoms with Crippen LogP contribution in [-0.2, 0) is 14.0 Å². The fourth-order valence-corrected chi connectivity index (χ4v) is 4.84. The first-order valence-corrected chi connectivity index (χ1v) is 11.5. The average molecular weight is 326 g/mol. The molecule has 0 saturated carbocycles. The monoisotopic (exact) mass is 325 g/mol. The van der Waals surface area contributed by atoms with Crippen molar-refractivity contribution >= 4 is 20.5 Å². The largest absolute Gasteiger partial charge is 0.413 e. The van der Waals surface area contributed by atoms with Gasteiger partial charge in [-0.15, -0.1) is 0 Å². The molecule has 2 heterocycles. The zero-order chi connectivity index (χ0) is 16.5. The van der Waals surface area contributed by atoms with Gasteiger partial charge in [-0.1, -0.05) is 20.8 Å². The maximum atomic E-state index is 11.8. The predicted molar refractivity (Wildman–Crippen MR) is 90.2 cm³/mol. The van der Waals surface area contributed by atoms with E-state index in [1.54, 1.807) is 0 Å². The molecule has 0 N–H and O–H groups in total. The van der Waals surface area contributed by atoms with Crippen LogP contribution in [0.1, 0.15) is 52.9 Å². The SMILES string of the molecule is CC(C)(C)[Si](C)(C)O[C@@H](CC=O)[C@H]1CCN2C(=O)CC[C@H]2C1. The third kappa shape index (κ3) is 3.62. The summed E-state index contributed by atoms with van der Waals surface area (Å²) in [5.41, 5.74) is 0. The molecule has 0 unspecified atom stereocenters. The third-order valence-corrected chi connectivity index (χ3v) is 10.4. The smallest absolute Gasteiger partial charge is 0.222 e. The van der Waals surface area contributed by atoms with Crippen LogP contribution in [0.25, 0.3) is 0 Å². The van der Waals surface area contributed by atoms with Gasteiger partial charge in [-0.05, 0) is 43.3 Å². The molecule has 0 spiro atoms. The van der Waals surface area contributed by atoms with Crippen LogP contribution < -0.4 is 0 Å². The number of carbonyl (C=O) groups is 2. The highest BCUT2D eigenvalue weighted by Gasteiger charge is 2.43. The topological polar surface area (TPSA) is 46.6 Å². The molecule has 0 aliphatic carbocycles. The number of hydrogen-bond donors (Lipinski definition) is 0. The van der Waals surface area contributed by atoms with E-state index in [0.29, 0.717) is 30.7 Å². The van der Waals surface area contributed by atoms with Crippen molar-refractivity contribution in [2.45, 2.75) is 83.2 Å². The van der Waals surface area contributed by atoms with Gasteiger partial charge >= 0.3 is 0 Å². The Morgan fingerprint density at radius 2 is 2.05 bits per heavy atom. The molecule has 2 saturated heterocycles. The molecule has 3 atom stereocenters. The van der Waals surface area contributed by atoms with Gasteiger partial charge in [-0.3, -0.25) is 4.79 Å². The van der Waals surface area contributed by atoms with Crippen molar-refractivity contribution in [2.24, 2.45) is 5.92 Å². The number of hydrogen-bond acceptors (Lipinski definition) is 3. The van der Waals surface area contributed by atoms with Gasteiger partial charge in [0, 0.05) is 25.4 Å². The second kappa shape index (κ2) is 6.44. The lowest BCUT2D eigenvalue weighted by atomic mass is 9.86. The van der Waals surface area contributed by atoms with Gasteiger partial charge in [0.1, 0.15) is 6.29 Å². The molecule has 0 aromatic heterocycles. The van der Waals surface area contributed by atoms with Crippen LogP contribution in [-0.4, -0.2) is 44.1 Å². The number of nitrogens with zero attached hydrogens (tertiary/aromatic N) is 1. The van der Waals surface area contributed by atoms with Crippen LogP contribution in [0.3, 0.4) is 0 Å². The number of fused-ring (bicyclic) bond motifs is 1. The van der Waals surface area contributed by atoms with E-state index in [4.69, 9.17) is 4.43 Å². The van der Waals surface area contributed by atoms with E-state index in [-0.39, 0.29) is 11.1 Å². The summed E-state index contributed by atoms with van der Waals surface area (Å²) in [5.74, 6) is 0.715. The fourth-order valence-electron chi connectivity index (χ4n) is 3.44. The summed E-state index contributed by atoms with van der Waals surface area (Å²) in [6, 6.07) is 0.378. The van der Waals surface area contributed by atoms with Crippen molar-refractivity contribution in [1.29, 1.82) is 0 Å². The Morgan fingerprint density at radius 3 is 2.64 bits per heavy atom. The van der Waals surface area contributed by atoms with Crippen LogP contribution in [0.2, 0.25) is 18.1 Å². The van der Waals surface area contributed by atoms with E-state index in [2.05, 4.69) is 33.9 Å². The van der Waals surface area contributed by atoms with E-state index in [0.717, 1.165) is 32.1 Å². The van der Waals surface area contributed by atoms with Crippen LogP contribution in [0.4, 0.5) is 0 Å². The molecule has 2 aliphatic heterocycles. The molecule has 2 aliphatic rings. The van der Waals surface area contributed by atoms with Gasteiger partial charge in [-0.25, -0.2) is 0 Å². The Labute approximate surface area is 135 Å².